The van der Waals surface area contributed by atoms with E-state index in [-0.39, 0.29) is 11.8 Å². The fourth-order valence-electron chi connectivity index (χ4n) is 2.83. The topological polar surface area (TPSA) is 72.1 Å². The summed E-state index contributed by atoms with van der Waals surface area (Å²) in [7, 11) is 1.72. The van der Waals surface area contributed by atoms with Crippen LogP contribution in [0.15, 0.2) is 71.4 Å². The quantitative estimate of drug-likeness (QED) is 0.566. The van der Waals surface area contributed by atoms with Crippen molar-refractivity contribution in [2.75, 3.05) is 7.05 Å². The number of carbonyl (C=O) groups is 1. The molecular formula is C20H16N4O2. The van der Waals surface area contributed by atoms with Gasteiger partial charge < -0.3 is 9.42 Å². The lowest BCUT2D eigenvalue weighted by atomic mass is 10.0. The fourth-order valence-corrected chi connectivity index (χ4v) is 2.83. The van der Waals surface area contributed by atoms with Gasteiger partial charge in [0.15, 0.2) is 0 Å². The first kappa shape index (κ1) is 16.0. The zero-order valence-electron chi connectivity index (χ0n) is 14.2. The largest absolute Gasteiger partial charge is 0.333 e. The van der Waals surface area contributed by atoms with Crippen LogP contribution in [0.25, 0.3) is 22.3 Å². The second-order valence-corrected chi connectivity index (χ2v) is 5.94. The molecule has 2 aromatic heterocycles. The van der Waals surface area contributed by atoms with E-state index in [9.17, 15) is 4.79 Å². The fraction of sp³-hybridized carbons (Fsp3) is 0.100. The van der Waals surface area contributed by atoms with Crippen LogP contribution in [0.5, 0.6) is 0 Å². The molecule has 0 N–H and O–H groups in total. The highest BCUT2D eigenvalue weighted by molar-refractivity contribution is 5.90. The van der Waals surface area contributed by atoms with Crippen LogP contribution < -0.4 is 0 Å². The Labute approximate surface area is 150 Å². The molecule has 0 aliphatic rings. The molecule has 2 aromatic carbocycles. The first-order chi connectivity index (χ1) is 12.7. The summed E-state index contributed by atoms with van der Waals surface area (Å²) in [5, 5.41) is 6.11. The van der Waals surface area contributed by atoms with Crippen molar-refractivity contribution in [2.45, 2.75) is 6.54 Å². The summed E-state index contributed by atoms with van der Waals surface area (Å²) < 4.78 is 5.13. The van der Waals surface area contributed by atoms with Gasteiger partial charge in [0.2, 0.25) is 5.82 Å². The van der Waals surface area contributed by atoms with Crippen molar-refractivity contribution in [1.29, 1.82) is 0 Å². The maximum absolute atomic E-state index is 12.6. The van der Waals surface area contributed by atoms with Crippen LogP contribution in [0.2, 0.25) is 0 Å². The van der Waals surface area contributed by atoms with Gasteiger partial charge in [0.1, 0.15) is 5.69 Å². The molecule has 0 spiro atoms. The van der Waals surface area contributed by atoms with Crippen molar-refractivity contribution >= 4 is 16.7 Å². The van der Waals surface area contributed by atoms with E-state index < -0.39 is 0 Å². The summed E-state index contributed by atoms with van der Waals surface area (Å²) in [6.07, 6.45) is 1.64. The van der Waals surface area contributed by atoms with Gasteiger partial charge in [-0.05, 0) is 28.5 Å². The highest BCUT2D eigenvalue weighted by atomic mass is 16.5. The molecule has 0 bridgehead atoms. The highest BCUT2D eigenvalue weighted by Crippen LogP contribution is 2.20. The Kier molecular flexibility index (Phi) is 4.15. The number of nitrogens with zero attached hydrogens (tertiary/aromatic N) is 4. The molecule has 0 aliphatic carbocycles. The van der Waals surface area contributed by atoms with Crippen molar-refractivity contribution in [3.05, 3.63) is 78.3 Å². The molecule has 6 heteroatoms. The Hall–Kier alpha value is -3.54. The number of carbonyl (C=O) groups excluding carboxylic acids is 1. The van der Waals surface area contributed by atoms with Gasteiger partial charge >= 0.3 is 11.8 Å². The Morgan fingerprint density at radius 2 is 1.85 bits per heavy atom. The molecule has 0 radical (unpaired) electrons. The molecule has 4 aromatic rings. The standard InChI is InChI=1S/C20H16N4O2/c1-24(13-15-9-6-8-14-7-2-3-10-16(14)15)20(25)19-22-18(23-26-19)17-11-4-5-12-21-17/h2-12H,13H2,1H3. The first-order valence-corrected chi connectivity index (χ1v) is 8.19. The average Bonchev–Trinajstić information content (AvgIpc) is 3.18. The van der Waals surface area contributed by atoms with E-state index >= 15 is 0 Å². The van der Waals surface area contributed by atoms with E-state index in [0.717, 1.165) is 16.3 Å². The highest BCUT2D eigenvalue weighted by Gasteiger charge is 2.21. The zero-order valence-corrected chi connectivity index (χ0v) is 14.2. The lowest BCUT2D eigenvalue weighted by Gasteiger charge is -2.16. The molecule has 0 saturated carbocycles. The normalized spacial score (nSPS) is 10.8. The maximum atomic E-state index is 12.6. The first-order valence-electron chi connectivity index (χ1n) is 8.19. The lowest BCUT2D eigenvalue weighted by molar-refractivity contribution is 0.0736. The monoisotopic (exact) mass is 344 g/mol. The summed E-state index contributed by atoms with van der Waals surface area (Å²) in [5.74, 6) is -0.0754. The Bertz CT molecular complexity index is 1050. The van der Waals surface area contributed by atoms with Crippen LogP contribution >= 0.6 is 0 Å². The van der Waals surface area contributed by atoms with Crippen LogP contribution in [0, 0.1) is 0 Å². The minimum atomic E-state index is -0.326. The van der Waals surface area contributed by atoms with Crippen LogP contribution in [-0.4, -0.2) is 33.0 Å². The van der Waals surface area contributed by atoms with E-state index in [0.29, 0.717) is 18.1 Å². The number of hydrogen-bond acceptors (Lipinski definition) is 5. The van der Waals surface area contributed by atoms with E-state index in [4.69, 9.17) is 4.52 Å². The molecule has 1 amide bonds. The average molecular weight is 344 g/mol. The van der Waals surface area contributed by atoms with Gasteiger partial charge in [0.05, 0.1) is 0 Å². The van der Waals surface area contributed by atoms with Crippen LogP contribution in [-0.2, 0) is 6.54 Å². The number of hydrogen-bond donors (Lipinski definition) is 0. The molecule has 2 heterocycles. The van der Waals surface area contributed by atoms with Crippen molar-refractivity contribution in [2.24, 2.45) is 0 Å². The molecule has 128 valence electrons. The van der Waals surface area contributed by atoms with Gasteiger partial charge in [-0.3, -0.25) is 9.78 Å². The van der Waals surface area contributed by atoms with Gasteiger partial charge in [-0.25, -0.2) is 0 Å². The van der Waals surface area contributed by atoms with E-state index in [1.165, 1.54) is 0 Å². The number of benzene rings is 2. The summed E-state index contributed by atoms with van der Waals surface area (Å²) in [6, 6.07) is 19.5. The summed E-state index contributed by atoms with van der Waals surface area (Å²) in [5.41, 5.74) is 1.62. The van der Waals surface area contributed by atoms with Crippen LogP contribution in [0.4, 0.5) is 0 Å². The van der Waals surface area contributed by atoms with E-state index in [2.05, 4.69) is 33.3 Å². The Balaban J connectivity index is 1.56. The number of fused-ring (bicyclic) bond motifs is 1. The third kappa shape index (κ3) is 3.04. The van der Waals surface area contributed by atoms with Gasteiger partial charge in [0.25, 0.3) is 0 Å². The third-order valence-corrected chi connectivity index (χ3v) is 4.14. The Morgan fingerprint density at radius 1 is 1.04 bits per heavy atom. The number of aromatic nitrogens is 3. The number of amides is 1. The molecule has 4 rings (SSSR count). The summed E-state index contributed by atoms with van der Waals surface area (Å²) in [4.78, 5) is 22.5. The molecular weight excluding hydrogens is 328 g/mol. The van der Waals surface area contributed by atoms with Gasteiger partial charge in [-0.2, -0.15) is 4.98 Å². The van der Waals surface area contributed by atoms with Crippen molar-refractivity contribution < 1.29 is 9.32 Å². The van der Waals surface area contributed by atoms with Crippen LogP contribution in [0.3, 0.4) is 0 Å². The van der Waals surface area contributed by atoms with Crippen LogP contribution in [0.1, 0.15) is 16.2 Å². The number of rotatable bonds is 4. The lowest BCUT2D eigenvalue weighted by Crippen LogP contribution is -2.26. The van der Waals surface area contributed by atoms with E-state index in [1.54, 1.807) is 30.3 Å². The molecule has 0 aliphatic heterocycles. The van der Waals surface area contributed by atoms with Gasteiger partial charge in [0, 0.05) is 19.8 Å². The van der Waals surface area contributed by atoms with Gasteiger partial charge in [-0.1, -0.05) is 53.7 Å². The zero-order chi connectivity index (χ0) is 17.9. The van der Waals surface area contributed by atoms with Crippen molar-refractivity contribution in [3.8, 4) is 11.5 Å². The number of pyridine rings is 1. The molecule has 0 saturated heterocycles. The minimum Gasteiger partial charge on any atom is -0.333 e. The molecule has 6 nitrogen and oxygen atoms in total. The second-order valence-electron chi connectivity index (χ2n) is 5.94. The van der Waals surface area contributed by atoms with Crippen molar-refractivity contribution in [1.82, 2.24) is 20.0 Å². The Morgan fingerprint density at radius 3 is 2.69 bits per heavy atom. The molecule has 0 fully saturated rings. The summed E-state index contributed by atoms with van der Waals surface area (Å²) >= 11 is 0. The summed E-state index contributed by atoms with van der Waals surface area (Å²) in [6.45, 7) is 0.446. The maximum Gasteiger partial charge on any atom is 0.316 e. The molecule has 0 atom stereocenters. The smallest absolute Gasteiger partial charge is 0.316 e. The SMILES string of the molecule is CN(Cc1cccc2ccccc12)C(=O)c1nc(-c2ccccn2)no1. The van der Waals surface area contributed by atoms with Gasteiger partial charge in [-0.15, -0.1) is 0 Å². The minimum absolute atomic E-state index is 0.0478. The second kappa shape index (κ2) is 6.76. The van der Waals surface area contributed by atoms with Crippen molar-refractivity contribution in [3.63, 3.8) is 0 Å². The van der Waals surface area contributed by atoms with E-state index in [1.807, 2.05) is 30.3 Å². The molecule has 26 heavy (non-hydrogen) atoms. The molecule has 0 unspecified atom stereocenters. The predicted molar refractivity (Wildman–Crippen MR) is 97.3 cm³/mol. The third-order valence-electron chi connectivity index (χ3n) is 4.14. The predicted octanol–water partition coefficient (Wildman–Crippen LogP) is 3.56.